The average molecular weight is 478 g/mol. The topological polar surface area (TPSA) is 63.7 Å². The summed E-state index contributed by atoms with van der Waals surface area (Å²) >= 11 is 1.69. The van der Waals surface area contributed by atoms with E-state index in [0.29, 0.717) is 18.7 Å². The van der Waals surface area contributed by atoms with Crippen molar-refractivity contribution in [3.8, 4) is 11.5 Å². The van der Waals surface area contributed by atoms with Gasteiger partial charge in [-0.3, -0.25) is 4.79 Å². The van der Waals surface area contributed by atoms with Crippen molar-refractivity contribution in [2.75, 3.05) is 30.9 Å². The van der Waals surface area contributed by atoms with E-state index in [1.54, 1.807) is 18.0 Å². The first kappa shape index (κ1) is 24.0. The Morgan fingerprint density at radius 3 is 2.76 bits per heavy atom. The van der Waals surface area contributed by atoms with Crippen molar-refractivity contribution in [3.63, 3.8) is 0 Å². The highest BCUT2D eigenvalue weighted by atomic mass is 32.2. The summed E-state index contributed by atoms with van der Waals surface area (Å²) in [5, 5.41) is 2.98. The van der Waals surface area contributed by atoms with Gasteiger partial charge in [-0.05, 0) is 68.0 Å². The number of para-hydroxylation sites is 2. The lowest BCUT2D eigenvalue weighted by molar-refractivity contribution is 0.0950. The van der Waals surface area contributed by atoms with Crippen molar-refractivity contribution < 1.29 is 14.3 Å². The molecule has 1 saturated heterocycles. The Hall–Kier alpha value is -3.19. The van der Waals surface area contributed by atoms with E-state index >= 15 is 0 Å². The number of piperidine rings is 1. The number of amides is 1. The first-order valence-corrected chi connectivity index (χ1v) is 12.9. The number of carbonyl (C=O) groups is 1. The summed E-state index contributed by atoms with van der Waals surface area (Å²) in [5.41, 5.74) is 1.63. The van der Waals surface area contributed by atoms with Crippen molar-refractivity contribution >= 4 is 23.5 Å². The van der Waals surface area contributed by atoms with E-state index in [4.69, 9.17) is 9.47 Å². The Labute approximate surface area is 205 Å². The second-order valence-corrected chi connectivity index (χ2v) is 9.03. The van der Waals surface area contributed by atoms with Crippen LogP contribution in [0.15, 0.2) is 71.8 Å². The maximum absolute atomic E-state index is 12.6. The number of anilines is 1. The fourth-order valence-electron chi connectivity index (χ4n) is 4.02. The summed E-state index contributed by atoms with van der Waals surface area (Å²) in [6.45, 7) is 4.72. The molecular weight excluding hydrogens is 446 g/mol. The van der Waals surface area contributed by atoms with Gasteiger partial charge in [0.2, 0.25) is 0 Å². The van der Waals surface area contributed by atoms with Gasteiger partial charge in [0.1, 0.15) is 11.9 Å². The summed E-state index contributed by atoms with van der Waals surface area (Å²) in [7, 11) is 0. The number of pyridine rings is 1. The number of nitrogens with one attached hydrogen (secondary N) is 1. The third-order valence-corrected chi connectivity index (χ3v) is 6.47. The maximum atomic E-state index is 12.6. The second-order valence-electron chi connectivity index (χ2n) is 8.15. The molecule has 1 N–H and O–H groups in total. The van der Waals surface area contributed by atoms with E-state index in [0.717, 1.165) is 48.8 Å². The van der Waals surface area contributed by atoms with Gasteiger partial charge in [0.25, 0.3) is 5.91 Å². The van der Waals surface area contributed by atoms with Crippen molar-refractivity contribution in [2.45, 2.75) is 37.3 Å². The maximum Gasteiger partial charge on any atom is 0.253 e. The Morgan fingerprint density at radius 1 is 1.15 bits per heavy atom. The lowest BCUT2D eigenvalue weighted by Gasteiger charge is -2.34. The van der Waals surface area contributed by atoms with Crippen LogP contribution in [0, 0.1) is 0 Å². The number of aromatic nitrogens is 1. The first-order valence-electron chi connectivity index (χ1n) is 11.7. The molecule has 1 aromatic heterocycles. The zero-order valence-electron chi connectivity index (χ0n) is 19.7. The van der Waals surface area contributed by atoms with Crippen molar-refractivity contribution in [1.82, 2.24) is 10.3 Å². The van der Waals surface area contributed by atoms with Crippen LogP contribution in [0.2, 0.25) is 0 Å². The second kappa shape index (κ2) is 11.8. The Morgan fingerprint density at radius 2 is 2.00 bits per heavy atom. The molecule has 0 bridgehead atoms. The average Bonchev–Trinajstić information content (AvgIpc) is 2.89. The van der Waals surface area contributed by atoms with Crippen LogP contribution in [0.1, 0.15) is 35.7 Å². The third kappa shape index (κ3) is 6.23. The fraction of sp³-hybridized carbons (Fsp3) is 0.333. The minimum absolute atomic E-state index is 0.0529. The van der Waals surface area contributed by atoms with Crippen LogP contribution in [-0.2, 0) is 6.54 Å². The van der Waals surface area contributed by atoms with E-state index in [9.17, 15) is 4.79 Å². The van der Waals surface area contributed by atoms with Gasteiger partial charge in [0, 0.05) is 24.2 Å². The van der Waals surface area contributed by atoms with Crippen LogP contribution in [-0.4, -0.2) is 42.9 Å². The van der Waals surface area contributed by atoms with Crippen LogP contribution >= 0.6 is 11.8 Å². The van der Waals surface area contributed by atoms with E-state index in [1.807, 2.05) is 61.7 Å². The molecule has 7 heteroatoms. The van der Waals surface area contributed by atoms with Crippen LogP contribution in [0.5, 0.6) is 11.5 Å². The Bertz CT molecular complexity index is 1090. The van der Waals surface area contributed by atoms with Gasteiger partial charge in [-0.2, -0.15) is 0 Å². The van der Waals surface area contributed by atoms with Gasteiger partial charge in [-0.1, -0.05) is 24.3 Å². The lowest BCUT2D eigenvalue weighted by atomic mass is 10.1. The molecule has 1 fully saturated rings. The zero-order valence-corrected chi connectivity index (χ0v) is 20.5. The highest BCUT2D eigenvalue weighted by molar-refractivity contribution is 7.98. The lowest BCUT2D eigenvalue weighted by Crippen LogP contribution is -2.41. The minimum Gasteiger partial charge on any atom is -0.490 e. The van der Waals surface area contributed by atoms with E-state index in [-0.39, 0.29) is 12.0 Å². The number of rotatable bonds is 9. The standard InChI is InChI=1S/C27H31N3O3S/c1-3-32-24-11-4-5-12-25(24)33-22-9-7-15-30(19-22)26-14-13-21(18-28-26)27(31)29-17-20-8-6-10-23(16-20)34-2/h4-6,8,10-14,16,18,22H,3,7,9,15,17,19H2,1-2H3,(H,29,31). The van der Waals surface area contributed by atoms with Crippen molar-refractivity contribution in [3.05, 3.63) is 78.0 Å². The number of hydrogen-bond donors (Lipinski definition) is 1. The van der Waals surface area contributed by atoms with Gasteiger partial charge in [-0.25, -0.2) is 4.98 Å². The Kier molecular flexibility index (Phi) is 8.31. The molecule has 0 saturated carbocycles. The van der Waals surface area contributed by atoms with Crippen molar-refractivity contribution in [2.24, 2.45) is 0 Å². The molecule has 0 radical (unpaired) electrons. The number of thioether (sulfide) groups is 1. The van der Waals surface area contributed by atoms with Gasteiger partial charge in [0.15, 0.2) is 11.5 Å². The molecule has 1 aliphatic heterocycles. The van der Waals surface area contributed by atoms with Gasteiger partial charge < -0.3 is 19.7 Å². The molecule has 1 unspecified atom stereocenters. The molecule has 1 amide bonds. The Balaban J connectivity index is 1.34. The summed E-state index contributed by atoms with van der Waals surface area (Å²) < 4.78 is 12.0. The molecular formula is C27H31N3O3S. The summed E-state index contributed by atoms with van der Waals surface area (Å²) in [6.07, 6.45) is 5.74. The quantitative estimate of drug-likeness (QED) is 0.429. The van der Waals surface area contributed by atoms with Crippen molar-refractivity contribution in [1.29, 1.82) is 0 Å². The van der Waals surface area contributed by atoms with Crippen LogP contribution < -0.4 is 19.7 Å². The molecule has 0 aliphatic carbocycles. The van der Waals surface area contributed by atoms with Gasteiger partial charge in [-0.15, -0.1) is 11.8 Å². The first-order chi connectivity index (χ1) is 16.7. The molecule has 2 heterocycles. The van der Waals surface area contributed by atoms with E-state index in [2.05, 4.69) is 27.3 Å². The van der Waals surface area contributed by atoms with E-state index in [1.165, 1.54) is 4.90 Å². The summed E-state index contributed by atoms with van der Waals surface area (Å²) in [4.78, 5) is 20.6. The number of ether oxygens (including phenoxy) is 2. The highest BCUT2D eigenvalue weighted by Gasteiger charge is 2.23. The molecule has 34 heavy (non-hydrogen) atoms. The van der Waals surface area contributed by atoms with Crippen LogP contribution in [0.4, 0.5) is 5.82 Å². The van der Waals surface area contributed by atoms with Crippen LogP contribution in [0.25, 0.3) is 0 Å². The summed E-state index contributed by atoms with van der Waals surface area (Å²) in [6, 6.07) is 19.7. The smallest absolute Gasteiger partial charge is 0.253 e. The zero-order chi connectivity index (χ0) is 23.8. The molecule has 2 aromatic carbocycles. The van der Waals surface area contributed by atoms with E-state index < -0.39 is 0 Å². The largest absolute Gasteiger partial charge is 0.490 e. The van der Waals surface area contributed by atoms with Gasteiger partial charge >= 0.3 is 0 Å². The fourth-order valence-corrected chi connectivity index (χ4v) is 4.50. The monoisotopic (exact) mass is 477 g/mol. The van der Waals surface area contributed by atoms with Gasteiger partial charge in [0.05, 0.1) is 18.7 Å². The predicted molar refractivity (Wildman–Crippen MR) is 137 cm³/mol. The predicted octanol–water partition coefficient (Wildman–Crippen LogP) is 5.18. The number of nitrogens with zero attached hydrogens (tertiary/aromatic N) is 2. The number of carbonyl (C=O) groups excluding carboxylic acids is 1. The highest BCUT2D eigenvalue weighted by Crippen LogP contribution is 2.29. The molecule has 178 valence electrons. The third-order valence-electron chi connectivity index (χ3n) is 5.74. The normalized spacial score (nSPS) is 15.6. The van der Waals surface area contributed by atoms with Crippen LogP contribution in [0.3, 0.4) is 0 Å². The number of benzene rings is 2. The minimum atomic E-state index is -0.124. The molecule has 4 rings (SSSR count). The summed E-state index contributed by atoms with van der Waals surface area (Å²) in [5.74, 6) is 2.28. The molecule has 6 nitrogen and oxygen atoms in total. The SMILES string of the molecule is CCOc1ccccc1OC1CCCN(c2ccc(C(=O)NCc3cccc(SC)c3)cn2)C1. The molecule has 1 aliphatic rings. The number of hydrogen-bond acceptors (Lipinski definition) is 6. The molecule has 3 aromatic rings. The molecule has 1 atom stereocenters. The molecule has 0 spiro atoms.